The van der Waals surface area contributed by atoms with Crippen LogP contribution in [0.15, 0.2) is 48.2 Å². The first-order valence-electron chi connectivity index (χ1n) is 6.79. The van der Waals surface area contributed by atoms with Crippen LogP contribution in [-0.4, -0.2) is 11.4 Å². The molecule has 3 N–H and O–H groups in total. The molecule has 0 bridgehead atoms. The minimum atomic E-state index is -0.786. The Kier molecular flexibility index (Phi) is 3.88. The highest BCUT2D eigenvalue weighted by Gasteiger charge is 2.30. The Labute approximate surface area is 132 Å². The molecular weight excluding hydrogens is 302 g/mol. The smallest absolute Gasteiger partial charge is 0.173 e. The van der Waals surface area contributed by atoms with Gasteiger partial charge in [0.25, 0.3) is 0 Å². The summed E-state index contributed by atoms with van der Waals surface area (Å²) in [5, 5.41) is 10.9. The minimum Gasteiger partial charge on any atom is -0.507 e. The molecule has 0 saturated carbocycles. The highest BCUT2D eigenvalue weighted by molar-refractivity contribution is 6.30. The number of aldehydes is 1. The van der Waals surface area contributed by atoms with Crippen LogP contribution in [0.2, 0.25) is 5.02 Å². The van der Waals surface area contributed by atoms with E-state index in [4.69, 9.17) is 22.1 Å². The van der Waals surface area contributed by atoms with Crippen LogP contribution in [0.4, 0.5) is 0 Å². The van der Waals surface area contributed by atoms with Gasteiger partial charge in [-0.05, 0) is 23.8 Å². The summed E-state index contributed by atoms with van der Waals surface area (Å²) in [7, 11) is 0. The maximum absolute atomic E-state index is 11.4. The number of hydrogen-bond donors (Lipinski definition) is 2. The number of hydrogen-bond acceptors (Lipinski definition) is 4. The van der Waals surface area contributed by atoms with E-state index in [1.165, 1.54) is 0 Å². The Bertz CT molecular complexity index is 753. The predicted octanol–water partition coefficient (Wildman–Crippen LogP) is 3.40. The highest BCUT2D eigenvalue weighted by Crippen LogP contribution is 2.41. The van der Waals surface area contributed by atoms with Crippen LogP contribution in [0, 0.1) is 0 Å². The molecule has 0 radical (unpaired) electrons. The first-order chi connectivity index (χ1) is 10.6. The summed E-state index contributed by atoms with van der Waals surface area (Å²) in [6.45, 7) is 0.435. The molecule has 3 rings (SSSR count). The van der Waals surface area contributed by atoms with E-state index < -0.39 is 5.92 Å². The lowest BCUT2D eigenvalue weighted by Gasteiger charge is -2.25. The van der Waals surface area contributed by atoms with Crippen molar-refractivity contribution in [2.45, 2.75) is 12.5 Å². The summed E-state index contributed by atoms with van der Waals surface area (Å²) in [6.07, 6.45) is 0.682. The van der Waals surface area contributed by atoms with Crippen molar-refractivity contribution in [1.82, 2.24) is 0 Å². The van der Waals surface area contributed by atoms with E-state index in [2.05, 4.69) is 0 Å². The van der Waals surface area contributed by atoms with Gasteiger partial charge in [-0.3, -0.25) is 0 Å². The summed E-state index contributed by atoms with van der Waals surface area (Å²) < 4.78 is 5.77. The molecule has 1 heterocycles. The van der Waals surface area contributed by atoms with Crippen LogP contribution in [-0.2, 0) is 11.3 Å². The molecule has 1 aliphatic heterocycles. The molecule has 0 amide bonds. The van der Waals surface area contributed by atoms with E-state index in [1.807, 2.05) is 12.1 Å². The zero-order valence-corrected chi connectivity index (χ0v) is 12.4. The van der Waals surface area contributed by atoms with Crippen LogP contribution < -0.4 is 10.5 Å². The number of aliphatic hydroxyl groups excluding tert-OH is 1. The van der Waals surface area contributed by atoms with Crippen LogP contribution in [0.25, 0.3) is 5.76 Å². The van der Waals surface area contributed by atoms with Gasteiger partial charge in [-0.25, -0.2) is 0 Å². The molecule has 2 aromatic rings. The highest BCUT2D eigenvalue weighted by atomic mass is 35.5. The van der Waals surface area contributed by atoms with Gasteiger partial charge in [0.2, 0.25) is 0 Å². The second-order valence-electron chi connectivity index (χ2n) is 5.01. The molecule has 0 fully saturated rings. The number of ether oxygens (including phenoxy) is 1. The molecule has 1 unspecified atom stereocenters. The summed E-state index contributed by atoms with van der Waals surface area (Å²) in [5.41, 5.74) is 7.79. The van der Waals surface area contributed by atoms with Gasteiger partial charge in [-0.15, -0.1) is 0 Å². The minimum absolute atomic E-state index is 0.120. The van der Waals surface area contributed by atoms with E-state index in [0.717, 1.165) is 5.56 Å². The van der Waals surface area contributed by atoms with Gasteiger partial charge >= 0.3 is 0 Å². The number of nitrogens with two attached hydrogens (primary N) is 1. The number of halogens is 1. The molecule has 4 nitrogen and oxygen atoms in total. The van der Waals surface area contributed by atoms with Crippen molar-refractivity contribution in [2.24, 2.45) is 5.73 Å². The van der Waals surface area contributed by atoms with E-state index in [1.54, 1.807) is 30.3 Å². The number of allylic oxidation sites excluding steroid dienone is 1. The van der Waals surface area contributed by atoms with Crippen LogP contribution in [0.1, 0.15) is 22.6 Å². The van der Waals surface area contributed by atoms with E-state index in [0.29, 0.717) is 34.7 Å². The maximum atomic E-state index is 11.4. The van der Waals surface area contributed by atoms with Gasteiger partial charge in [-0.1, -0.05) is 35.9 Å². The standard InChI is InChI=1S/C17H14ClNO3/c18-12-5-6-15-13(7-12)14(9-20)16(21)17(22-15)11-3-1-10(8-19)2-4-11/h1-7,9,14,21H,8,19H2. The third-order valence-electron chi connectivity index (χ3n) is 3.63. The van der Waals surface area contributed by atoms with Crippen LogP contribution in [0.3, 0.4) is 0 Å². The lowest BCUT2D eigenvalue weighted by Crippen LogP contribution is -2.16. The average Bonchev–Trinajstić information content (AvgIpc) is 2.54. The fourth-order valence-electron chi connectivity index (χ4n) is 2.44. The third kappa shape index (κ3) is 2.47. The van der Waals surface area contributed by atoms with E-state index >= 15 is 0 Å². The fourth-order valence-corrected chi connectivity index (χ4v) is 2.62. The zero-order valence-electron chi connectivity index (χ0n) is 11.6. The maximum Gasteiger partial charge on any atom is 0.173 e. The molecule has 2 aromatic carbocycles. The number of fused-ring (bicyclic) bond motifs is 1. The van der Waals surface area contributed by atoms with Crippen molar-refractivity contribution >= 4 is 23.6 Å². The van der Waals surface area contributed by atoms with Gasteiger partial charge < -0.3 is 20.4 Å². The molecule has 1 atom stereocenters. The summed E-state index contributed by atoms with van der Waals surface area (Å²) in [4.78, 5) is 11.4. The lowest BCUT2D eigenvalue weighted by molar-refractivity contribution is -0.109. The first-order valence-corrected chi connectivity index (χ1v) is 7.17. The molecule has 0 aliphatic carbocycles. The molecule has 5 heteroatoms. The number of aliphatic hydroxyl groups is 1. The topological polar surface area (TPSA) is 72.5 Å². The third-order valence-corrected chi connectivity index (χ3v) is 3.87. The van der Waals surface area contributed by atoms with Crippen molar-refractivity contribution in [3.8, 4) is 5.75 Å². The summed E-state index contributed by atoms with van der Waals surface area (Å²) in [5.74, 6) is -0.121. The number of benzene rings is 2. The van der Waals surface area contributed by atoms with Crippen molar-refractivity contribution in [1.29, 1.82) is 0 Å². The Hall–Kier alpha value is -2.30. The van der Waals surface area contributed by atoms with Crippen LogP contribution >= 0.6 is 11.6 Å². The van der Waals surface area contributed by atoms with Gasteiger partial charge in [0.1, 0.15) is 18.0 Å². The second-order valence-corrected chi connectivity index (χ2v) is 5.45. The Morgan fingerprint density at radius 3 is 2.59 bits per heavy atom. The normalized spacial score (nSPS) is 16.9. The SMILES string of the molecule is NCc1ccc(C2=C(O)C(C=O)c3cc(Cl)ccc3O2)cc1. The number of carbonyl (C=O) groups is 1. The Morgan fingerprint density at radius 1 is 1.23 bits per heavy atom. The second kappa shape index (κ2) is 5.83. The number of carbonyl (C=O) groups excluding carboxylic acids is 1. The van der Waals surface area contributed by atoms with Gasteiger partial charge in [0.15, 0.2) is 11.5 Å². The van der Waals surface area contributed by atoms with Crippen molar-refractivity contribution in [2.75, 3.05) is 0 Å². The summed E-state index contributed by atoms with van der Waals surface area (Å²) >= 11 is 5.95. The van der Waals surface area contributed by atoms with E-state index in [9.17, 15) is 9.90 Å². The van der Waals surface area contributed by atoms with E-state index in [-0.39, 0.29) is 11.5 Å². The van der Waals surface area contributed by atoms with Crippen LogP contribution in [0.5, 0.6) is 5.75 Å². The van der Waals surface area contributed by atoms with Gasteiger partial charge in [-0.2, -0.15) is 0 Å². The predicted molar refractivity (Wildman–Crippen MR) is 84.8 cm³/mol. The molecular formula is C17H14ClNO3. The monoisotopic (exact) mass is 315 g/mol. The van der Waals surface area contributed by atoms with Crippen molar-refractivity contribution < 1.29 is 14.6 Å². The Balaban J connectivity index is 2.08. The van der Waals surface area contributed by atoms with Gasteiger partial charge in [0, 0.05) is 22.7 Å². The largest absolute Gasteiger partial charge is 0.507 e. The molecule has 22 heavy (non-hydrogen) atoms. The number of rotatable bonds is 3. The quantitative estimate of drug-likeness (QED) is 0.851. The van der Waals surface area contributed by atoms with Gasteiger partial charge in [0.05, 0.1) is 0 Å². The van der Waals surface area contributed by atoms with Crippen molar-refractivity contribution in [3.63, 3.8) is 0 Å². The first kappa shape index (κ1) is 14.6. The Morgan fingerprint density at radius 2 is 1.95 bits per heavy atom. The molecule has 0 spiro atoms. The summed E-state index contributed by atoms with van der Waals surface area (Å²) in [6, 6.07) is 12.3. The molecule has 0 aromatic heterocycles. The molecule has 112 valence electrons. The molecule has 1 aliphatic rings. The lowest BCUT2D eigenvalue weighted by atomic mass is 9.93. The van der Waals surface area contributed by atoms with Crippen molar-refractivity contribution in [3.05, 3.63) is 69.9 Å². The average molecular weight is 316 g/mol. The fraction of sp³-hybridized carbons (Fsp3) is 0.118. The molecule has 0 saturated heterocycles. The zero-order chi connectivity index (χ0) is 15.7.